The average molecular weight is 691 g/mol. The number of carboxylic acids is 1. The summed E-state index contributed by atoms with van der Waals surface area (Å²) in [5, 5.41) is 19.9. The van der Waals surface area contributed by atoms with Gasteiger partial charge in [-0.2, -0.15) is 13.2 Å². The van der Waals surface area contributed by atoms with E-state index in [4.69, 9.17) is 11.5 Å². The topological polar surface area (TPSA) is 247 Å². The lowest BCUT2D eigenvalue weighted by atomic mass is 9.87. The molecule has 4 atom stereocenters. The van der Waals surface area contributed by atoms with E-state index in [1.165, 1.54) is 42.5 Å². The first kappa shape index (κ1) is 37.8. The Morgan fingerprint density at radius 3 is 2.02 bits per heavy atom. The predicted molar refractivity (Wildman–Crippen MR) is 168 cm³/mol. The summed E-state index contributed by atoms with van der Waals surface area (Å²) in [5.41, 5.74) is 7.31. The van der Waals surface area contributed by atoms with Gasteiger partial charge in [0.1, 0.15) is 18.1 Å². The Morgan fingerprint density at radius 1 is 0.837 bits per heavy atom. The molecule has 3 rings (SSSR count). The molecular formula is C31H37F3N8O7. The minimum Gasteiger partial charge on any atom is -0.481 e. The average Bonchev–Trinajstić information content (AvgIpc) is 3.03. The zero-order valence-electron chi connectivity index (χ0n) is 26.1. The van der Waals surface area contributed by atoms with Crippen molar-refractivity contribution in [3.8, 4) is 0 Å². The molecule has 0 aliphatic carbocycles. The number of nitrogens with two attached hydrogens (primary N) is 2. The Balaban J connectivity index is 2.17. The van der Waals surface area contributed by atoms with Crippen LogP contribution < -0.4 is 38.1 Å². The zero-order chi connectivity index (χ0) is 36.2. The van der Waals surface area contributed by atoms with Crippen LogP contribution in [0.5, 0.6) is 0 Å². The summed E-state index contributed by atoms with van der Waals surface area (Å²) in [6, 6.07) is 9.56. The van der Waals surface area contributed by atoms with Crippen LogP contribution in [-0.4, -0.2) is 89.5 Å². The van der Waals surface area contributed by atoms with Crippen molar-refractivity contribution in [3.05, 3.63) is 71.8 Å². The molecule has 0 bridgehead atoms. The normalized spacial score (nSPS) is 22.6. The summed E-state index contributed by atoms with van der Waals surface area (Å²) in [5.74, 6) is -8.41. The number of carbonyl (C=O) groups is 6. The van der Waals surface area contributed by atoms with E-state index in [-0.39, 0.29) is 37.3 Å². The summed E-state index contributed by atoms with van der Waals surface area (Å²) >= 11 is 0. The molecule has 264 valence electrons. The summed E-state index contributed by atoms with van der Waals surface area (Å²) < 4.78 is 46.0. The lowest BCUT2D eigenvalue weighted by Gasteiger charge is -2.37. The molecule has 0 unspecified atom stereocenters. The molecule has 2 aromatic carbocycles. The SMILES string of the molecule is NC(N)=NCCC[C@@H]1NC(=O)[C@@](Cc2ccccc2)(C(F)(F)F)NC(=O)[C@@H](Cc2ccccc2)NC(=O)[C@H](CC(=O)O)NC(=O)CNC1=O. The number of alkyl halides is 3. The number of halogens is 3. The highest BCUT2D eigenvalue weighted by atomic mass is 19.4. The molecular weight excluding hydrogens is 653 g/mol. The van der Waals surface area contributed by atoms with Gasteiger partial charge in [0.2, 0.25) is 29.2 Å². The van der Waals surface area contributed by atoms with E-state index in [1.807, 2.05) is 5.32 Å². The van der Waals surface area contributed by atoms with E-state index in [0.29, 0.717) is 5.56 Å². The van der Waals surface area contributed by atoms with Gasteiger partial charge in [-0.25, -0.2) is 0 Å². The second-order valence-corrected chi connectivity index (χ2v) is 11.2. The van der Waals surface area contributed by atoms with Crippen molar-refractivity contribution in [1.82, 2.24) is 26.6 Å². The van der Waals surface area contributed by atoms with Crippen LogP contribution in [0.1, 0.15) is 30.4 Å². The lowest BCUT2D eigenvalue weighted by Crippen LogP contribution is -2.71. The van der Waals surface area contributed by atoms with Crippen molar-refractivity contribution < 1.29 is 47.0 Å². The Hall–Kier alpha value is -5.68. The number of carboxylic acid groups (broad SMARTS) is 1. The third-order valence-corrected chi connectivity index (χ3v) is 7.46. The van der Waals surface area contributed by atoms with Gasteiger partial charge in [-0.15, -0.1) is 0 Å². The molecule has 0 aromatic heterocycles. The highest BCUT2D eigenvalue weighted by Gasteiger charge is 2.62. The molecule has 10 N–H and O–H groups in total. The molecule has 1 aliphatic heterocycles. The summed E-state index contributed by atoms with van der Waals surface area (Å²) in [4.78, 5) is 82.4. The second kappa shape index (κ2) is 16.9. The van der Waals surface area contributed by atoms with Crippen LogP contribution >= 0.6 is 0 Å². The monoisotopic (exact) mass is 690 g/mol. The number of carbonyl (C=O) groups excluding carboxylic acids is 5. The largest absolute Gasteiger partial charge is 0.481 e. The van der Waals surface area contributed by atoms with Gasteiger partial charge >= 0.3 is 12.1 Å². The zero-order valence-corrected chi connectivity index (χ0v) is 26.1. The van der Waals surface area contributed by atoms with E-state index in [2.05, 4.69) is 26.3 Å². The number of rotatable bonds is 10. The Kier molecular flexibility index (Phi) is 13.1. The van der Waals surface area contributed by atoms with Gasteiger partial charge in [0.15, 0.2) is 5.96 Å². The van der Waals surface area contributed by atoms with Crippen LogP contribution in [0.2, 0.25) is 0 Å². The molecule has 1 aliphatic rings. The number of guanidine groups is 1. The van der Waals surface area contributed by atoms with Crippen LogP contribution in [0.15, 0.2) is 65.7 Å². The highest BCUT2D eigenvalue weighted by Crippen LogP contribution is 2.34. The maximum absolute atomic E-state index is 15.3. The van der Waals surface area contributed by atoms with Gasteiger partial charge in [-0.3, -0.25) is 33.8 Å². The molecule has 2 aromatic rings. The van der Waals surface area contributed by atoms with Crippen LogP contribution in [0.3, 0.4) is 0 Å². The van der Waals surface area contributed by atoms with Crippen LogP contribution in [0.25, 0.3) is 0 Å². The number of hydrogen-bond acceptors (Lipinski definition) is 7. The lowest BCUT2D eigenvalue weighted by molar-refractivity contribution is -0.202. The van der Waals surface area contributed by atoms with Crippen molar-refractivity contribution in [1.29, 1.82) is 0 Å². The fraction of sp³-hybridized carbons (Fsp3) is 0.387. The number of benzene rings is 2. The molecule has 0 radical (unpaired) electrons. The minimum atomic E-state index is -5.49. The van der Waals surface area contributed by atoms with E-state index < -0.39 is 84.7 Å². The van der Waals surface area contributed by atoms with Gasteiger partial charge in [0.05, 0.1) is 13.0 Å². The van der Waals surface area contributed by atoms with Gasteiger partial charge in [0, 0.05) is 19.4 Å². The molecule has 18 heteroatoms. The van der Waals surface area contributed by atoms with E-state index in [9.17, 15) is 33.9 Å². The van der Waals surface area contributed by atoms with E-state index in [1.54, 1.807) is 18.2 Å². The van der Waals surface area contributed by atoms with Crippen molar-refractivity contribution >= 4 is 41.5 Å². The number of aliphatic carboxylic acids is 1. The first-order chi connectivity index (χ1) is 23.1. The van der Waals surface area contributed by atoms with Gasteiger partial charge in [-0.1, -0.05) is 60.7 Å². The second-order valence-electron chi connectivity index (χ2n) is 11.2. The van der Waals surface area contributed by atoms with Gasteiger partial charge < -0.3 is 43.2 Å². The molecule has 49 heavy (non-hydrogen) atoms. The van der Waals surface area contributed by atoms with Crippen molar-refractivity contribution in [2.24, 2.45) is 16.5 Å². The number of aliphatic imine (C=N–C) groups is 1. The maximum atomic E-state index is 15.3. The third kappa shape index (κ3) is 10.9. The molecule has 15 nitrogen and oxygen atoms in total. The highest BCUT2D eigenvalue weighted by molar-refractivity contribution is 6.00. The predicted octanol–water partition coefficient (Wildman–Crippen LogP) is -0.998. The smallest absolute Gasteiger partial charge is 0.420 e. The summed E-state index contributed by atoms with van der Waals surface area (Å²) in [6.07, 6.45) is -8.28. The maximum Gasteiger partial charge on any atom is 0.420 e. The van der Waals surface area contributed by atoms with Crippen molar-refractivity contribution in [3.63, 3.8) is 0 Å². The van der Waals surface area contributed by atoms with E-state index >= 15 is 13.2 Å². The Bertz CT molecular complexity index is 1540. The first-order valence-electron chi connectivity index (χ1n) is 15.0. The number of nitrogens with one attached hydrogen (secondary N) is 5. The van der Waals surface area contributed by atoms with Crippen molar-refractivity contribution in [2.45, 2.75) is 61.9 Å². The summed E-state index contributed by atoms with van der Waals surface area (Å²) in [7, 11) is 0. The Morgan fingerprint density at radius 2 is 1.45 bits per heavy atom. The Labute approximate surface area is 278 Å². The van der Waals surface area contributed by atoms with Gasteiger partial charge in [-0.05, 0) is 24.0 Å². The van der Waals surface area contributed by atoms with Crippen LogP contribution in [0, 0.1) is 0 Å². The minimum absolute atomic E-state index is 0.00914. The summed E-state index contributed by atoms with van der Waals surface area (Å²) in [6.45, 7) is -0.916. The molecule has 5 amide bonds. The molecule has 1 fully saturated rings. The van der Waals surface area contributed by atoms with Crippen LogP contribution in [-0.2, 0) is 41.6 Å². The fourth-order valence-corrected chi connectivity index (χ4v) is 4.99. The standard InChI is InChI=1S/C31H37F3N8O7/c32-31(33,34)30(16-19-10-5-2-6-11-19)28(49)41-20(12-7-13-37-29(35)36)25(46)38-17-23(43)39-22(15-24(44)45)26(47)40-21(27(48)42-30)14-18-8-3-1-4-9-18/h1-6,8-11,20-22H,7,12-17H2,(H,38,46)(H,39,43)(H,40,47)(H,41,49)(H,42,48)(H,44,45)(H4,35,36,37)/t20-,21+,22-,30-/m0/s1. The molecule has 0 saturated carbocycles. The first-order valence-corrected chi connectivity index (χ1v) is 15.0. The van der Waals surface area contributed by atoms with Gasteiger partial charge in [0.25, 0.3) is 5.91 Å². The fourth-order valence-electron chi connectivity index (χ4n) is 4.99. The quantitative estimate of drug-likeness (QED) is 0.0864. The number of hydrogen-bond donors (Lipinski definition) is 8. The molecule has 1 saturated heterocycles. The van der Waals surface area contributed by atoms with Crippen molar-refractivity contribution in [2.75, 3.05) is 13.1 Å². The van der Waals surface area contributed by atoms with Crippen LogP contribution in [0.4, 0.5) is 13.2 Å². The third-order valence-electron chi connectivity index (χ3n) is 7.46. The number of nitrogens with zero attached hydrogens (tertiary/aromatic N) is 1. The molecule has 0 spiro atoms. The van der Waals surface area contributed by atoms with E-state index in [0.717, 1.165) is 0 Å². The number of amides is 5. The molecule has 1 heterocycles.